The van der Waals surface area contributed by atoms with Crippen LogP contribution in [0.2, 0.25) is 10.0 Å². The monoisotopic (exact) mass is 390 g/mol. The van der Waals surface area contributed by atoms with Crippen molar-refractivity contribution in [3.05, 3.63) is 67.7 Å². The number of hydrazone groups is 1. The topological polar surface area (TPSA) is 98.9 Å². The SMILES string of the molecule is CC1=NN(c2ccc(Cl)c(Cl)c2)C(=O)/C1=C/c1cc([N+](=O)[O-])ccc1[O-]. The van der Waals surface area contributed by atoms with Gasteiger partial charge in [0.15, 0.2) is 0 Å². The lowest BCUT2D eigenvalue weighted by Gasteiger charge is -2.13. The number of hydrogen-bond donors (Lipinski definition) is 0. The molecular formula is C17H10Cl2N3O4-. The highest BCUT2D eigenvalue weighted by Crippen LogP contribution is 2.31. The van der Waals surface area contributed by atoms with Crippen molar-refractivity contribution in [2.45, 2.75) is 6.92 Å². The fourth-order valence-electron chi connectivity index (χ4n) is 2.39. The molecule has 1 heterocycles. The fourth-order valence-corrected chi connectivity index (χ4v) is 2.69. The number of halogens is 2. The summed E-state index contributed by atoms with van der Waals surface area (Å²) in [5, 5.41) is 28.8. The average molecular weight is 391 g/mol. The second kappa shape index (κ2) is 6.78. The van der Waals surface area contributed by atoms with Gasteiger partial charge in [-0.3, -0.25) is 14.9 Å². The van der Waals surface area contributed by atoms with Crippen molar-refractivity contribution in [1.82, 2.24) is 0 Å². The van der Waals surface area contributed by atoms with Crippen LogP contribution in [0.4, 0.5) is 11.4 Å². The van der Waals surface area contributed by atoms with Gasteiger partial charge in [-0.25, -0.2) is 0 Å². The molecule has 0 bridgehead atoms. The third-order valence-corrected chi connectivity index (χ3v) is 4.45. The zero-order valence-electron chi connectivity index (χ0n) is 13.3. The molecule has 2 aromatic carbocycles. The number of nitro benzene ring substituents is 1. The molecule has 9 heteroatoms. The number of benzene rings is 2. The van der Waals surface area contributed by atoms with Gasteiger partial charge in [0.05, 0.1) is 31.9 Å². The van der Waals surface area contributed by atoms with Crippen LogP contribution in [0.15, 0.2) is 47.1 Å². The molecule has 2 aromatic rings. The Labute approximate surface area is 157 Å². The highest BCUT2D eigenvalue weighted by molar-refractivity contribution is 6.42. The van der Waals surface area contributed by atoms with E-state index in [9.17, 15) is 20.0 Å². The van der Waals surface area contributed by atoms with E-state index < -0.39 is 16.6 Å². The number of hydrogen-bond acceptors (Lipinski definition) is 5. The van der Waals surface area contributed by atoms with Crippen LogP contribution in [-0.4, -0.2) is 16.5 Å². The van der Waals surface area contributed by atoms with Crippen molar-refractivity contribution >= 4 is 52.3 Å². The molecule has 0 radical (unpaired) electrons. The van der Waals surface area contributed by atoms with Crippen molar-refractivity contribution < 1.29 is 14.8 Å². The zero-order valence-corrected chi connectivity index (χ0v) is 14.8. The molecule has 1 aliphatic heterocycles. The van der Waals surface area contributed by atoms with Crippen molar-refractivity contribution in [2.24, 2.45) is 5.10 Å². The summed E-state index contributed by atoms with van der Waals surface area (Å²) in [6.45, 7) is 1.60. The fraction of sp³-hybridized carbons (Fsp3) is 0.0588. The minimum Gasteiger partial charge on any atom is -0.872 e. The summed E-state index contributed by atoms with van der Waals surface area (Å²) < 4.78 is 0. The van der Waals surface area contributed by atoms with E-state index in [-0.39, 0.29) is 21.8 Å². The lowest BCUT2D eigenvalue weighted by atomic mass is 10.1. The Morgan fingerprint density at radius 1 is 1.15 bits per heavy atom. The molecule has 132 valence electrons. The molecule has 1 aliphatic rings. The predicted octanol–water partition coefficient (Wildman–Crippen LogP) is 3.78. The molecule has 0 aliphatic carbocycles. The van der Waals surface area contributed by atoms with Crippen molar-refractivity contribution in [3.63, 3.8) is 0 Å². The highest BCUT2D eigenvalue weighted by Gasteiger charge is 2.29. The van der Waals surface area contributed by atoms with Crippen LogP contribution in [0.1, 0.15) is 12.5 Å². The Morgan fingerprint density at radius 3 is 2.54 bits per heavy atom. The highest BCUT2D eigenvalue weighted by atomic mass is 35.5. The third kappa shape index (κ3) is 3.26. The largest absolute Gasteiger partial charge is 0.872 e. The maximum Gasteiger partial charge on any atom is 0.280 e. The number of amides is 1. The summed E-state index contributed by atoms with van der Waals surface area (Å²) in [5.41, 5.74) is 0.736. The van der Waals surface area contributed by atoms with Crippen LogP contribution in [0.5, 0.6) is 5.75 Å². The standard InChI is InChI=1S/C17H11Cl2N3O4/c1-9-13(7-10-6-12(22(25)26)3-5-16(10)23)17(24)21(20-9)11-2-4-14(18)15(19)8-11/h2-8,23H,1H3/p-1/b13-7+. The molecule has 0 unspecified atom stereocenters. The second-order valence-corrected chi connectivity index (χ2v) is 6.25. The van der Waals surface area contributed by atoms with E-state index in [1.165, 1.54) is 18.2 Å². The molecule has 1 amide bonds. The van der Waals surface area contributed by atoms with E-state index in [4.69, 9.17) is 23.2 Å². The number of nitrogens with zero attached hydrogens (tertiary/aromatic N) is 3. The van der Waals surface area contributed by atoms with Crippen LogP contribution in [0.25, 0.3) is 6.08 Å². The van der Waals surface area contributed by atoms with E-state index in [1.807, 2.05) is 0 Å². The summed E-state index contributed by atoms with van der Waals surface area (Å²) in [6.07, 6.45) is 1.30. The van der Waals surface area contributed by atoms with E-state index in [0.29, 0.717) is 16.4 Å². The van der Waals surface area contributed by atoms with Gasteiger partial charge in [0.25, 0.3) is 11.6 Å². The Balaban J connectivity index is 2.00. The van der Waals surface area contributed by atoms with Gasteiger partial charge >= 0.3 is 0 Å². The number of non-ortho nitro benzene ring substituents is 1. The Bertz CT molecular complexity index is 1000. The molecule has 0 N–H and O–H groups in total. The van der Waals surface area contributed by atoms with Gasteiger partial charge in [-0.15, -0.1) is 5.75 Å². The summed E-state index contributed by atoms with van der Waals surface area (Å²) in [7, 11) is 0. The molecule has 0 saturated carbocycles. The summed E-state index contributed by atoms with van der Waals surface area (Å²) in [4.78, 5) is 23.0. The molecule has 7 nitrogen and oxygen atoms in total. The number of carbonyl (C=O) groups is 1. The Morgan fingerprint density at radius 2 is 1.88 bits per heavy atom. The van der Waals surface area contributed by atoms with Gasteiger partial charge in [0.1, 0.15) is 0 Å². The Hall–Kier alpha value is -2.90. The third-order valence-electron chi connectivity index (χ3n) is 3.71. The molecule has 0 fully saturated rings. The van der Waals surface area contributed by atoms with Gasteiger partial charge in [-0.05, 0) is 36.8 Å². The van der Waals surface area contributed by atoms with E-state index in [0.717, 1.165) is 23.2 Å². The van der Waals surface area contributed by atoms with Gasteiger partial charge in [-0.2, -0.15) is 10.1 Å². The van der Waals surface area contributed by atoms with Gasteiger partial charge < -0.3 is 5.11 Å². The zero-order chi connectivity index (χ0) is 19.0. The molecule has 0 saturated heterocycles. The smallest absolute Gasteiger partial charge is 0.280 e. The van der Waals surface area contributed by atoms with Crippen LogP contribution >= 0.6 is 23.2 Å². The minimum atomic E-state index is -0.610. The molecule has 26 heavy (non-hydrogen) atoms. The quantitative estimate of drug-likeness (QED) is 0.452. The number of rotatable bonds is 3. The normalized spacial score (nSPS) is 15.5. The predicted molar refractivity (Wildman–Crippen MR) is 97.6 cm³/mol. The van der Waals surface area contributed by atoms with Gasteiger partial charge in [0, 0.05) is 12.1 Å². The van der Waals surface area contributed by atoms with Crippen LogP contribution in [-0.2, 0) is 4.79 Å². The van der Waals surface area contributed by atoms with E-state index in [1.54, 1.807) is 13.0 Å². The maximum atomic E-state index is 12.7. The summed E-state index contributed by atoms with van der Waals surface area (Å²) >= 11 is 11.8. The van der Waals surface area contributed by atoms with Gasteiger partial charge in [-0.1, -0.05) is 29.3 Å². The van der Waals surface area contributed by atoms with E-state index in [2.05, 4.69) is 5.10 Å². The summed E-state index contributed by atoms with van der Waals surface area (Å²) in [5.74, 6) is -0.913. The first-order valence-corrected chi connectivity index (χ1v) is 8.06. The molecular weight excluding hydrogens is 381 g/mol. The number of carbonyl (C=O) groups excluding carboxylic acids is 1. The lowest BCUT2D eigenvalue weighted by Crippen LogP contribution is -2.21. The van der Waals surface area contributed by atoms with Crippen LogP contribution < -0.4 is 10.1 Å². The van der Waals surface area contributed by atoms with Crippen LogP contribution in [0.3, 0.4) is 0 Å². The first-order valence-electron chi connectivity index (χ1n) is 7.30. The second-order valence-electron chi connectivity index (χ2n) is 5.44. The maximum absolute atomic E-state index is 12.7. The Kier molecular flexibility index (Phi) is 4.67. The van der Waals surface area contributed by atoms with Crippen molar-refractivity contribution in [2.75, 3.05) is 5.01 Å². The first kappa shape index (κ1) is 17.9. The molecule has 0 atom stereocenters. The van der Waals surface area contributed by atoms with Gasteiger partial charge in [0.2, 0.25) is 0 Å². The van der Waals surface area contributed by atoms with Crippen molar-refractivity contribution in [3.8, 4) is 5.75 Å². The molecule has 0 spiro atoms. The summed E-state index contributed by atoms with van der Waals surface area (Å²) in [6, 6.07) is 7.94. The lowest BCUT2D eigenvalue weighted by molar-refractivity contribution is -0.385. The van der Waals surface area contributed by atoms with Crippen molar-refractivity contribution in [1.29, 1.82) is 0 Å². The average Bonchev–Trinajstić information content (AvgIpc) is 2.87. The van der Waals surface area contributed by atoms with E-state index >= 15 is 0 Å². The molecule has 3 rings (SSSR count). The minimum absolute atomic E-state index is 0.0353. The molecule has 0 aromatic heterocycles. The number of nitro groups is 1. The first-order chi connectivity index (χ1) is 12.3. The van der Waals surface area contributed by atoms with Crippen LogP contribution in [0, 0.1) is 10.1 Å². The number of anilines is 1.